The first-order chi connectivity index (χ1) is 13.3. The lowest BCUT2D eigenvalue weighted by Gasteiger charge is -2.16. The summed E-state index contributed by atoms with van der Waals surface area (Å²) in [6.07, 6.45) is 2.76. The smallest absolute Gasteiger partial charge is 0.270 e. The topological polar surface area (TPSA) is 110 Å². The molecule has 0 bridgehead atoms. The third kappa shape index (κ3) is 5.47. The van der Waals surface area contributed by atoms with Crippen molar-refractivity contribution in [3.63, 3.8) is 0 Å². The molecule has 150 valence electrons. The zero-order chi connectivity index (χ0) is 20.7. The average Bonchev–Trinajstić information content (AvgIpc) is 3.15. The second kappa shape index (κ2) is 9.58. The first-order valence-corrected chi connectivity index (χ1v) is 10.8. The quantitative estimate of drug-likeness (QED) is 0.379. The number of thiophene rings is 1. The molecular formula is C18H21N3O5S2. The highest BCUT2D eigenvalue weighted by molar-refractivity contribution is 7.91. The van der Waals surface area contributed by atoms with Gasteiger partial charge in [-0.25, -0.2) is 8.42 Å². The first-order valence-electron chi connectivity index (χ1n) is 8.57. The summed E-state index contributed by atoms with van der Waals surface area (Å²) in [7, 11) is -3.51. The predicted molar refractivity (Wildman–Crippen MR) is 108 cm³/mol. The molecule has 1 amide bonds. The van der Waals surface area contributed by atoms with E-state index in [-0.39, 0.29) is 22.3 Å². The Morgan fingerprint density at radius 1 is 1.25 bits per heavy atom. The minimum absolute atomic E-state index is 0.0527. The van der Waals surface area contributed by atoms with E-state index in [1.54, 1.807) is 38.1 Å². The summed E-state index contributed by atoms with van der Waals surface area (Å²) < 4.78 is 26.6. The van der Waals surface area contributed by atoms with Gasteiger partial charge in [0, 0.05) is 36.2 Å². The third-order valence-electron chi connectivity index (χ3n) is 3.88. The van der Waals surface area contributed by atoms with Crippen molar-refractivity contribution < 1.29 is 18.1 Å². The Balaban J connectivity index is 1.98. The number of hydrogen-bond donors (Lipinski definition) is 1. The number of nitro groups is 1. The summed E-state index contributed by atoms with van der Waals surface area (Å²) in [5.74, 6) is -0.381. The molecule has 1 N–H and O–H groups in total. The van der Waals surface area contributed by atoms with Crippen LogP contribution in [0.2, 0.25) is 0 Å². The standard InChI is InChI=1S/C18H21N3O5S2/c1-3-20(4-2)28(25,26)18-11-9-16(27-18)13-19-17(22)10-8-14-6-5-7-15(12-14)21(23)24/h5-12H,3-4,13H2,1-2H3,(H,19,22)/b10-8+. The van der Waals surface area contributed by atoms with Gasteiger partial charge in [-0.2, -0.15) is 4.31 Å². The Labute approximate surface area is 167 Å². The number of hydrogen-bond acceptors (Lipinski definition) is 6. The molecule has 0 saturated carbocycles. The second-order valence-corrected chi connectivity index (χ2v) is 9.05. The summed E-state index contributed by atoms with van der Waals surface area (Å²) >= 11 is 1.12. The van der Waals surface area contributed by atoms with E-state index in [1.165, 1.54) is 28.6 Å². The Bertz CT molecular complexity index is 979. The van der Waals surface area contributed by atoms with Crippen molar-refractivity contribution in [3.05, 3.63) is 63.0 Å². The van der Waals surface area contributed by atoms with Gasteiger partial charge in [0.2, 0.25) is 5.91 Å². The molecule has 1 aromatic heterocycles. The van der Waals surface area contributed by atoms with E-state index < -0.39 is 14.9 Å². The van der Waals surface area contributed by atoms with Crippen LogP contribution in [0.3, 0.4) is 0 Å². The molecule has 0 radical (unpaired) electrons. The maximum Gasteiger partial charge on any atom is 0.270 e. The lowest BCUT2D eigenvalue weighted by Crippen LogP contribution is -2.29. The number of nitro benzene ring substituents is 1. The molecule has 0 unspecified atom stereocenters. The molecule has 2 aromatic rings. The number of nitrogens with zero attached hydrogens (tertiary/aromatic N) is 2. The molecular weight excluding hydrogens is 402 g/mol. The average molecular weight is 424 g/mol. The molecule has 1 heterocycles. The second-order valence-electron chi connectivity index (χ2n) is 5.71. The van der Waals surface area contributed by atoms with E-state index in [9.17, 15) is 23.3 Å². The van der Waals surface area contributed by atoms with Gasteiger partial charge < -0.3 is 5.32 Å². The van der Waals surface area contributed by atoms with Gasteiger partial charge in [0.1, 0.15) is 4.21 Å². The molecule has 10 heteroatoms. The summed E-state index contributed by atoms with van der Waals surface area (Å²) in [6.45, 7) is 4.54. The Kier molecular flexibility index (Phi) is 7.44. The lowest BCUT2D eigenvalue weighted by atomic mass is 10.2. The van der Waals surface area contributed by atoms with Gasteiger partial charge in [0.05, 0.1) is 11.5 Å². The number of benzene rings is 1. The fourth-order valence-corrected chi connectivity index (χ4v) is 5.34. The summed E-state index contributed by atoms with van der Waals surface area (Å²) in [5.41, 5.74) is 0.483. The van der Waals surface area contributed by atoms with Gasteiger partial charge in [0.15, 0.2) is 0 Å². The predicted octanol–water partition coefficient (Wildman–Crippen LogP) is 3.02. The van der Waals surface area contributed by atoms with Crippen molar-refractivity contribution >= 4 is 39.0 Å². The number of sulfonamides is 1. The van der Waals surface area contributed by atoms with Crippen LogP contribution >= 0.6 is 11.3 Å². The van der Waals surface area contributed by atoms with Gasteiger partial charge in [-0.1, -0.05) is 26.0 Å². The first kappa shape index (κ1) is 21.7. The number of nitrogens with one attached hydrogen (secondary N) is 1. The number of rotatable bonds is 9. The molecule has 2 rings (SSSR count). The molecule has 0 atom stereocenters. The van der Waals surface area contributed by atoms with E-state index in [0.717, 1.165) is 11.3 Å². The zero-order valence-electron chi connectivity index (χ0n) is 15.5. The van der Waals surface area contributed by atoms with E-state index in [0.29, 0.717) is 23.5 Å². The zero-order valence-corrected chi connectivity index (χ0v) is 17.1. The minimum Gasteiger partial charge on any atom is -0.348 e. The van der Waals surface area contributed by atoms with Crippen LogP contribution in [0.5, 0.6) is 0 Å². The summed E-state index contributed by atoms with van der Waals surface area (Å²) in [6, 6.07) is 9.15. The van der Waals surface area contributed by atoms with Crippen LogP contribution in [-0.2, 0) is 21.4 Å². The highest BCUT2D eigenvalue weighted by atomic mass is 32.2. The molecule has 1 aromatic carbocycles. The monoisotopic (exact) mass is 423 g/mol. The van der Waals surface area contributed by atoms with Crippen LogP contribution < -0.4 is 5.32 Å². The highest BCUT2D eigenvalue weighted by Crippen LogP contribution is 2.24. The number of amides is 1. The van der Waals surface area contributed by atoms with Crippen molar-refractivity contribution in [1.29, 1.82) is 0 Å². The maximum absolute atomic E-state index is 12.5. The third-order valence-corrected chi connectivity index (χ3v) is 7.48. The number of carbonyl (C=O) groups excluding carboxylic acids is 1. The fraction of sp³-hybridized carbons (Fsp3) is 0.278. The van der Waals surface area contributed by atoms with Crippen molar-refractivity contribution in [3.8, 4) is 0 Å². The molecule has 0 aliphatic rings. The van der Waals surface area contributed by atoms with Crippen molar-refractivity contribution in [2.75, 3.05) is 13.1 Å². The summed E-state index contributed by atoms with van der Waals surface area (Å²) in [4.78, 5) is 22.9. The van der Waals surface area contributed by atoms with Crippen LogP contribution in [0.4, 0.5) is 5.69 Å². The van der Waals surface area contributed by atoms with Gasteiger partial charge in [0.25, 0.3) is 15.7 Å². The maximum atomic E-state index is 12.5. The Hall–Kier alpha value is -2.56. The number of non-ortho nitro benzene ring substituents is 1. The fourth-order valence-electron chi connectivity index (χ4n) is 2.43. The van der Waals surface area contributed by atoms with Crippen molar-refractivity contribution in [2.45, 2.75) is 24.6 Å². The van der Waals surface area contributed by atoms with Crippen molar-refractivity contribution in [1.82, 2.24) is 9.62 Å². The van der Waals surface area contributed by atoms with Gasteiger partial charge in [-0.05, 0) is 23.8 Å². The Morgan fingerprint density at radius 2 is 1.96 bits per heavy atom. The van der Waals surface area contributed by atoms with Crippen molar-refractivity contribution in [2.24, 2.45) is 0 Å². The molecule has 0 spiro atoms. The minimum atomic E-state index is -3.51. The molecule has 0 saturated heterocycles. The molecule has 0 fully saturated rings. The van der Waals surface area contributed by atoms with E-state index in [2.05, 4.69) is 5.32 Å². The van der Waals surface area contributed by atoms with Gasteiger partial charge in [-0.15, -0.1) is 11.3 Å². The highest BCUT2D eigenvalue weighted by Gasteiger charge is 2.23. The summed E-state index contributed by atoms with van der Waals surface area (Å²) in [5, 5.41) is 13.4. The van der Waals surface area contributed by atoms with Crippen LogP contribution in [0, 0.1) is 10.1 Å². The van der Waals surface area contributed by atoms with Crippen LogP contribution in [0.1, 0.15) is 24.3 Å². The molecule has 8 nitrogen and oxygen atoms in total. The van der Waals surface area contributed by atoms with E-state index in [1.807, 2.05) is 0 Å². The normalized spacial score (nSPS) is 11.8. The molecule has 0 aliphatic carbocycles. The Morgan fingerprint density at radius 3 is 2.61 bits per heavy atom. The van der Waals surface area contributed by atoms with Gasteiger partial charge in [-0.3, -0.25) is 14.9 Å². The van der Waals surface area contributed by atoms with Crippen LogP contribution in [-0.4, -0.2) is 36.6 Å². The largest absolute Gasteiger partial charge is 0.348 e. The molecule has 0 aliphatic heterocycles. The molecule has 28 heavy (non-hydrogen) atoms. The van der Waals surface area contributed by atoms with Crippen LogP contribution in [0.15, 0.2) is 46.7 Å². The lowest BCUT2D eigenvalue weighted by molar-refractivity contribution is -0.384. The van der Waals surface area contributed by atoms with E-state index >= 15 is 0 Å². The van der Waals surface area contributed by atoms with Crippen LogP contribution in [0.25, 0.3) is 6.08 Å². The SMILES string of the molecule is CCN(CC)S(=O)(=O)c1ccc(CNC(=O)/C=C/c2cccc([N+](=O)[O-])c2)s1. The van der Waals surface area contributed by atoms with E-state index in [4.69, 9.17) is 0 Å². The number of carbonyl (C=O) groups is 1. The van der Waals surface area contributed by atoms with Gasteiger partial charge >= 0.3 is 0 Å².